The van der Waals surface area contributed by atoms with Gasteiger partial charge in [-0.05, 0) is 36.4 Å². The lowest BCUT2D eigenvalue weighted by Gasteiger charge is -2.06. The van der Waals surface area contributed by atoms with Crippen LogP contribution in [0.15, 0.2) is 59.2 Å². The lowest BCUT2D eigenvalue weighted by molar-refractivity contribution is -0.129. The fourth-order valence-electron chi connectivity index (χ4n) is 2.11. The molecule has 3 rings (SSSR count). The maximum atomic E-state index is 13.0. The molecule has 1 heterocycles. The Bertz CT molecular complexity index is 994. The van der Waals surface area contributed by atoms with Crippen LogP contribution >= 0.6 is 0 Å². The molecule has 0 saturated heterocycles. The van der Waals surface area contributed by atoms with E-state index in [1.807, 2.05) is 0 Å². The van der Waals surface area contributed by atoms with Crippen LogP contribution in [0.25, 0.3) is 6.08 Å². The van der Waals surface area contributed by atoms with Gasteiger partial charge in [-0.2, -0.15) is 8.42 Å². The van der Waals surface area contributed by atoms with Crippen molar-refractivity contribution in [3.63, 3.8) is 0 Å². The standard InChI is InChI=1S/C17H12FNO5S/c1-25(21,22)24-15-5-3-2-4-12(15)10-14-17(20)23-16(19-14)11-6-8-13(18)9-7-11/h2-10H,1H3/b14-10-. The Morgan fingerprint density at radius 1 is 1.12 bits per heavy atom. The molecule has 128 valence electrons. The second-order valence-corrected chi connectivity index (χ2v) is 6.74. The SMILES string of the molecule is CS(=O)(=O)Oc1ccccc1/C=C1\N=C(c2ccc(F)cc2)OC1=O. The zero-order valence-electron chi connectivity index (χ0n) is 13.0. The molecule has 0 bridgehead atoms. The van der Waals surface area contributed by atoms with E-state index in [2.05, 4.69) is 4.99 Å². The number of aliphatic imine (C=N–C) groups is 1. The summed E-state index contributed by atoms with van der Waals surface area (Å²) >= 11 is 0. The van der Waals surface area contributed by atoms with E-state index >= 15 is 0 Å². The highest BCUT2D eigenvalue weighted by atomic mass is 32.2. The van der Waals surface area contributed by atoms with Gasteiger partial charge in [0.1, 0.15) is 11.6 Å². The molecule has 0 saturated carbocycles. The number of ether oxygens (including phenoxy) is 1. The second-order valence-electron chi connectivity index (χ2n) is 5.17. The molecule has 25 heavy (non-hydrogen) atoms. The summed E-state index contributed by atoms with van der Waals surface area (Å²) in [5.74, 6) is -1.02. The van der Waals surface area contributed by atoms with Gasteiger partial charge >= 0.3 is 16.1 Å². The van der Waals surface area contributed by atoms with Gasteiger partial charge in [-0.15, -0.1) is 0 Å². The highest BCUT2D eigenvalue weighted by molar-refractivity contribution is 7.86. The molecule has 0 fully saturated rings. The minimum Gasteiger partial charge on any atom is -0.402 e. The van der Waals surface area contributed by atoms with Crippen LogP contribution in [-0.2, 0) is 19.6 Å². The Labute approximate surface area is 143 Å². The van der Waals surface area contributed by atoms with Crippen LogP contribution in [0.4, 0.5) is 4.39 Å². The van der Waals surface area contributed by atoms with Gasteiger partial charge in [0.05, 0.1) is 6.26 Å². The zero-order valence-corrected chi connectivity index (χ0v) is 13.8. The predicted octanol–water partition coefficient (Wildman–Crippen LogP) is 2.51. The maximum absolute atomic E-state index is 13.0. The summed E-state index contributed by atoms with van der Waals surface area (Å²) in [6.07, 6.45) is 2.28. The summed E-state index contributed by atoms with van der Waals surface area (Å²) in [4.78, 5) is 16.1. The van der Waals surface area contributed by atoms with Gasteiger partial charge in [-0.25, -0.2) is 14.2 Å². The zero-order chi connectivity index (χ0) is 18.0. The van der Waals surface area contributed by atoms with Gasteiger partial charge in [0.25, 0.3) is 0 Å². The number of cyclic esters (lactones) is 1. The molecule has 0 aliphatic carbocycles. The summed E-state index contributed by atoms with van der Waals surface area (Å²) < 4.78 is 45.6. The molecule has 6 nitrogen and oxygen atoms in total. The summed E-state index contributed by atoms with van der Waals surface area (Å²) in [7, 11) is -3.72. The number of esters is 1. The van der Waals surface area contributed by atoms with Gasteiger partial charge < -0.3 is 8.92 Å². The summed E-state index contributed by atoms with van der Waals surface area (Å²) in [5.41, 5.74) is 0.770. The summed E-state index contributed by atoms with van der Waals surface area (Å²) in [6, 6.07) is 11.6. The number of para-hydroxylation sites is 1. The molecule has 0 spiro atoms. The van der Waals surface area contributed by atoms with Crippen molar-refractivity contribution in [3.05, 3.63) is 71.2 Å². The molecule has 2 aromatic rings. The van der Waals surface area contributed by atoms with Crippen LogP contribution in [0.1, 0.15) is 11.1 Å². The van der Waals surface area contributed by atoms with Crippen molar-refractivity contribution in [2.24, 2.45) is 4.99 Å². The van der Waals surface area contributed by atoms with Crippen molar-refractivity contribution >= 4 is 28.1 Å². The van der Waals surface area contributed by atoms with Crippen molar-refractivity contribution in [2.45, 2.75) is 0 Å². The molecule has 0 N–H and O–H groups in total. The van der Waals surface area contributed by atoms with Crippen LogP contribution in [0.5, 0.6) is 5.75 Å². The van der Waals surface area contributed by atoms with Crippen LogP contribution in [0, 0.1) is 5.82 Å². The molecule has 0 amide bonds. The lowest BCUT2D eigenvalue weighted by Crippen LogP contribution is -2.07. The van der Waals surface area contributed by atoms with Gasteiger partial charge in [-0.1, -0.05) is 18.2 Å². The molecule has 0 aromatic heterocycles. The first-order chi connectivity index (χ1) is 11.8. The van der Waals surface area contributed by atoms with Crippen molar-refractivity contribution in [2.75, 3.05) is 6.26 Å². The van der Waals surface area contributed by atoms with Crippen molar-refractivity contribution in [3.8, 4) is 5.75 Å². The predicted molar refractivity (Wildman–Crippen MR) is 88.9 cm³/mol. The van der Waals surface area contributed by atoms with Crippen LogP contribution in [0.3, 0.4) is 0 Å². The molecule has 0 atom stereocenters. The topological polar surface area (TPSA) is 82.0 Å². The Morgan fingerprint density at radius 2 is 1.80 bits per heavy atom. The summed E-state index contributed by atoms with van der Waals surface area (Å²) in [6.45, 7) is 0. The molecule has 2 aromatic carbocycles. The van der Waals surface area contributed by atoms with E-state index in [1.54, 1.807) is 18.2 Å². The smallest absolute Gasteiger partial charge is 0.363 e. The van der Waals surface area contributed by atoms with Crippen LogP contribution in [0.2, 0.25) is 0 Å². The van der Waals surface area contributed by atoms with Gasteiger partial charge in [0.15, 0.2) is 5.70 Å². The average molecular weight is 361 g/mol. The number of hydrogen-bond acceptors (Lipinski definition) is 6. The molecule has 0 radical (unpaired) electrons. The number of carbonyl (C=O) groups excluding carboxylic acids is 1. The summed E-state index contributed by atoms with van der Waals surface area (Å²) in [5, 5.41) is 0. The molecule has 0 unspecified atom stereocenters. The van der Waals surface area contributed by atoms with Crippen molar-refractivity contribution in [1.29, 1.82) is 0 Å². The fourth-order valence-corrected chi connectivity index (χ4v) is 2.59. The average Bonchev–Trinajstić information content (AvgIpc) is 2.89. The normalized spacial score (nSPS) is 15.8. The third-order valence-electron chi connectivity index (χ3n) is 3.16. The molecular weight excluding hydrogens is 349 g/mol. The molecule has 8 heteroatoms. The quantitative estimate of drug-likeness (QED) is 0.475. The molecule has 1 aliphatic rings. The van der Waals surface area contributed by atoms with E-state index in [-0.39, 0.29) is 17.3 Å². The van der Waals surface area contributed by atoms with Gasteiger partial charge in [0.2, 0.25) is 5.90 Å². The number of nitrogens with zero attached hydrogens (tertiary/aromatic N) is 1. The van der Waals surface area contributed by atoms with E-state index in [1.165, 1.54) is 36.4 Å². The van der Waals surface area contributed by atoms with E-state index < -0.39 is 21.9 Å². The highest BCUT2D eigenvalue weighted by Gasteiger charge is 2.24. The van der Waals surface area contributed by atoms with Gasteiger partial charge in [0, 0.05) is 11.1 Å². The lowest BCUT2D eigenvalue weighted by atomic mass is 10.1. The largest absolute Gasteiger partial charge is 0.402 e. The van der Waals surface area contributed by atoms with E-state index in [0.29, 0.717) is 11.1 Å². The third-order valence-corrected chi connectivity index (χ3v) is 3.65. The first-order valence-electron chi connectivity index (χ1n) is 7.09. The number of benzene rings is 2. The first kappa shape index (κ1) is 16.8. The van der Waals surface area contributed by atoms with E-state index in [4.69, 9.17) is 8.92 Å². The van der Waals surface area contributed by atoms with Crippen molar-refractivity contribution in [1.82, 2.24) is 0 Å². The second kappa shape index (κ2) is 6.48. The Kier molecular flexibility index (Phi) is 4.37. The number of rotatable bonds is 4. The number of halogens is 1. The monoisotopic (exact) mass is 361 g/mol. The first-order valence-corrected chi connectivity index (χ1v) is 8.90. The Morgan fingerprint density at radius 3 is 2.48 bits per heavy atom. The Balaban J connectivity index is 1.96. The Hall–Kier alpha value is -3.00. The van der Waals surface area contributed by atoms with Crippen LogP contribution in [-0.4, -0.2) is 26.5 Å². The third kappa shape index (κ3) is 4.10. The van der Waals surface area contributed by atoms with Gasteiger partial charge in [-0.3, -0.25) is 0 Å². The van der Waals surface area contributed by atoms with Crippen molar-refractivity contribution < 1.29 is 26.5 Å². The van der Waals surface area contributed by atoms with E-state index in [9.17, 15) is 17.6 Å². The molecule has 1 aliphatic heterocycles. The number of hydrogen-bond donors (Lipinski definition) is 0. The minimum absolute atomic E-state index is 0.0242. The fraction of sp³-hybridized carbons (Fsp3) is 0.0588. The van der Waals surface area contributed by atoms with Crippen LogP contribution < -0.4 is 4.18 Å². The molecular formula is C17H12FNO5S. The maximum Gasteiger partial charge on any atom is 0.363 e. The minimum atomic E-state index is -3.72. The highest BCUT2D eigenvalue weighted by Crippen LogP contribution is 2.25. The number of carbonyl (C=O) groups is 1. The van der Waals surface area contributed by atoms with E-state index in [0.717, 1.165) is 6.26 Å².